The van der Waals surface area contributed by atoms with Crippen LogP contribution in [0.3, 0.4) is 0 Å². The second-order valence-electron chi connectivity index (χ2n) is 4.21. The molecule has 1 aromatic carbocycles. The minimum absolute atomic E-state index is 0.0938. The van der Waals surface area contributed by atoms with Crippen LogP contribution in [0.2, 0.25) is 5.02 Å². The Balaban J connectivity index is 2.22. The number of benzene rings is 1. The van der Waals surface area contributed by atoms with Crippen molar-refractivity contribution in [2.24, 2.45) is 0 Å². The van der Waals surface area contributed by atoms with Crippen molar-refractivity contribution < 1.29 is 9.18 Å². The highest BCUT2D eigenvalue weighted by molar-refractivity contribution is 6.34. The van der Waals surface area contributed by atoms with Crippen LogP contribution < -0.4 is 5.32 Å². The van der Waals surface area contributed by atoms with E-state index in [9.17, 15) is 9.18 Å². The molecule has 1 amide bonds. The Morgan fingerprint density at radius 1 is 1.59 bits per heavy atom. The lowest BCUT2D eigenvalue weighted by Gasteiger charge is -2.32. The molecule has 1 aromatic rings. The number of carbonyl (C=O) groups is 1. The minimum Gasteiger partial charge on any atom is -0.336 e. The van der Waals surface area contributed by atoms with Gasteiger partial charge in [-0.25, -0.2) is 4.39 Å². The molecule has 0 spiro atoms. The van der Waals surface area contributed by atoms with Gasteiger partial charge in [-0.2, -0.15) is 0 Å². The summed E-state index contributed by atoms with van der Waals surface area (Å²) >= 11 is 5.81. The second kappa shape index (κ2) is 5.02. The SMILES string of the molecule is C[C@H]1CN(C(=O)c2cccc(F)c2Cl)CCN1. The topological polar surface area (TPSA) is 32.3 Å². The largest absolute Gasteiger partial charge is 0.336 e. The van der Waals surface area contributed by atoms with Crippen LogP contribution in [0.1, 0.15) is 17.3 Å². The first-order valence-electron chi connectivity index (χ1n) is 5.56. The van der Waals surface area contributed by atoms with Gasteiger partial charge in [0.25, 0.3) is 5.91 Å². The Morgan fingerprint density at radius 2 is 2.35 bits per heavy atom. The first kappa shape index (κ1) is 12.3. The number of rotatable bonds is 1. The Hall–Kier alpha value is -1.13. The van der Waals surface area contributed by atoms with Gasteiger partial charge in [0.1, 0.15) is 5.82 Å². The third-order valence-electron chi connectivity index (χ3n) is 2.84. The predicted molar refractivity (Wildman–Crippen MR) is 64.8 cm³/mol. The summed E-state index contributed by atoms with van der Waals surface area (Å²) in [4.78, 5) is 13.9. The molecule has 1 aliphatic rings. The highest BCUT2D eigenvalue weighted by Gasteiger charge is 2.23. The highest BCUT2D eigenvalue weighted by atomic mass is 35.5. The van der Waals surface area contributed by atoms with Crippen molar-refractivity contribution in [1.29, 1.82) is 0 Å². The first-order valence-corrected chi connectivity index (χ1v) is 5.94. The van der Waals surface area contributed by atoms with Gasteiger partial charge in [-0.3, -0.25) is 4.79 Å². The maximum Gasteiger partial charge on any atom is 0.255 e. The highest BCUT2D eigenvalue weighted by Crippen LogP contribution is 2.21. The zero-order chi connectivity index (χ0) is 12.4. The maximum atomic E-state index is 13.3. The summed E-state index contributed by atoms with van der Waals surface area (Å²) in [5.41, 5.74) is 0.237. The van der Waals surface area contributed by atoms with E-state index in [0.717, 1.165) is 6.54 Å². The number of hydrogen-bond acceptors (Lipinski definition) is 2. The third-order valence-corrected chi connectivity index (χ3v) is 3.22. The van der Waals surface area contributed by atoms with E-state index in [2.05, 4.69) is 5.32 Å². The number of nitrogens with one attached hydrogen (secondary N) is 1. The number of carbonyl (C=O) groups excluding carboxylic acids is 1. The molecule has 0 aromatic heterocycles. The van der Waals surface area contributed by atoms with E-state index >= 15 is 0 Å². The molecule has 17 heavy (non-hydrogen) atoms. The Bertz CT molecular complexity index is 439. The standard InChI is InChI=1S/C12H14ClFN2O/c1-8-7-16(6-5-15-8)12(17)9-3-2-4-10(14)11(9)13/h2-4,8,15H,5-7H2,1H3/t8-/m0/s1. The van der Waals surface area contributed by atoms with E-state index in [0.29, 0.717) is 13.1 Å². The molecule has 2 rings (SSSR count). The molecule has 0 aliphatic carbocycles. The molecule has 92 valence electrons. The Morgan fingerprint density at radius 3 is 3.06 bits per heavy atom. The minimum atomic E-state index is -0.555. The van der Waals surface area contributed by atoms with Gasteiger partial charge in [-0.05, 0) is 19.1 Å². The van der Waals surface area contributed by atoms with Gasteiger partial charge < -0.3 is 10.2 Å². The van der Waals surface area contributed by atoms with Crippen molar-refractivity contribution in [3.63, 3.8) is 0 Å². The molecule has 0 radical (unpaired) electrons. The summed E-state index contributed by atoms with van der Waals surface area (Å²) in [7, 11) is 0. The molecule has 0 unspecified atom stereocenters. The Labute approximate surface area is 105 Å². The van der Waals surface area contributed by atoms with Gasteiger partial charge in [0.05, 0.1) is 10.6 Å². The van der Waals surface area contributed by atoms with E-state index in [4.69, 9.17) is 11.6 Å². The van der Waals surface area contributed by atoms with Crippen LogP contribution in [0.4, 0.5) is 4.39 Å². The van der Waals surface area contributed by atoms with Crippen LogP contribution in [0.25, 0.3) is 0 Å². The second-order valence-corrected chi connectivity index (χ2v) is 4.59. The van der Waals surface area contributed by atoms with E-state index in [1.807, 2.05) is 6.92 Å². The first-order chi connectivity index (χ1) is 8.09. The van der Waals surface area contributed by atoms with Gasteiger partial charge in [0.2, 0.25) is 0 Å². The monoisotopic (exact) mass is 256 g/mol. The van der Waals surface area contributed by atoms with Crippen LogP contribution in [0.15, 0.2) is 18.2 Å². The molecule has 1 N–H and O–H groups in total. The Kier molecular flexibility index (Phi) is 3.64. The van der Waals surface area contributed by atoms with Crippen molar-refractivity contribution >= 4 is 17.5 Å². The van der Waals surface area contributed by atoms with Crippen LogP contribution in [-0.2, 0) is 0 Å². The van der Waals surface area contributed by atoms with Gasteiger partial charge in [-0.15, -0.1) is 0 Å². The lowest BCUT2D eigenvalue weighted by Crippen LogP contribution is -2.51. The maximum absolute atomic E-state index is 13.3. The quantitative estimate of drug-likeness (QED) is 0.833. The average Bonchev–Trinajstić information content (AvgIpc) is 2.32. The van der Waals surface area contributed by atoms with Gasteiger partial charge in [0, 0.05) is 25.7 Å². The van der Waals surface area contributed by atoms with Crippen molar-refractivity contribution in [2.45, 2.75) is 13.0 Å². The fourth-order valence-corrected chi connectivity index (χ4v) is 2.16. The zero-order valence-electron chi connectivity index (χ0n) is 9.54. The van der Waals surface area contributed by atoms with Gasteiger partial charge >= 0.3 is 0 Å². The molecule has 1 fully saturated rings. The van der Waals surface area contributed by atoms with Crippen LogP contribution in [0.5, 0.6) is 0 Å². The molecular weight excluding hydrogens is 243 g/mol. The lowest BCUT2D eigenvalue weighted by atomic mass is 10.1. The molecule has 1 atom stereocenters. The summed E-state index contributed by atoms with van der Waals surface area (Å²) in [6.45, 7) is 3.99. The molecule has 0 bridgehead atoms. The number of halogens is 2. The fraction of sp³-hybridized carbons (Fsp3) is 0.417. The van der Waals surface area contributed by atoms with E-state index in [1.54, 1.807) is 11.0 Å². The third kappa shape index (κ3) is 2.58. The van der Waals surface area contributed by atoms with Crippen LogP contribution >= 0.6 is 11.6 Å². The van der Waals surface area contributed by atoms with Gasteiger partial charge in [0.15, 0.2) is 0 Å². The molecule has 3 nitrogen and oxygen atoms in total. The summed E-state index contributed by atoms with van der Waals surface area (Å²) in [6, 6.07) is 4.56. The zero-order valence-corrected chi connectivity index (χ0v) is 10.3. The molecule has 1 aliphatic heterocycles. The van der Waals surface area contributed by atoms with Crippen LogP contribution in [0, 0.1) is 5.82 Å². The van der Waals surface area contributed by atoms with E-state index < -0.39 is 5.82 Å². The summed E-state index contributed by atoms with van der Waals surface area (Å²) < 4.78 is 13.3. The molecule has 1 heterocycles. The van der Waals surface area contributed by atoms with Gasteiger partial charge in [-0.1, -0.05) is 17.7 Å². The van der Waals surface area contributed by atoms with Crippen molar-refractivity contribution in [2.75, 3.05) is 19.6 Å². The predicted octanol–water partition coefficient (Wildman–Crippen LogP) is 1.91. The van der Waals surface area contributed by atoms with Crippen molar-refractivity contribution in [3.8, 4) is 0 Å². The molecule has 0 saturated carbocycles. The molecule has 5 heteroatoms. The molecule has 1 saturated heterocycles. The average molecular weight is 257 g/mol. The summed E-state index contributed by atoms with van der Waals surface area (Å²) in [5, 5.41) is 3.15. The number of amides is 1. The molecular formula is C12H14ClFN2O. The normalized spacial score (nSPS) is 20.4. The van der Waals surface area contributed by atoms with Crippen molar-refractivity contribution in [1.82, 2.24) is 10.2 Å². The number of nitrogens with zero attached hydrogens (tertiary/aromatic N) is 1. The summed E-state index contributed by atoms with van der Waals surface area (Å²) in [5.74, 6) is -0.761. The lowest BCUT2D eigenvalue weighted by molar-refractivity contribution is 0.0709. The number of hydrogen-bond donors (Lipinski definition) is 1. The van der Waals surface area contributed by atoms with E-state index in [1.165, 1.54) is 12.1 Å². The van der Waals surface area contributed by atoms with Crippen LogP contribution in [-0.4, -0.2) is 36.5 Å². The smallest absolute Gasteiger partial charge is 0.255 e. The van der Waals surface area contributed by atoms with E-state index in [-0.39, 0.29) is 22.5 Å². The number of piperazine rings is 1. The fourth-order valence-electron chi connectivity index (χ4n) is 1.96. The van der Waals surface area contributed by atoms with Crippen molar-refractivity contribution in [3.05, 3.63) is 34.6 Å². The summed E-state index contributed by atoms with van der Waals surface area (Å²) in [6.07, 6.45) is 0.